The first-order valence-corrected chi connectivity index (χ1v) is 33.0. The lowest BCUT2D eigenvalue weighted by atomic mass is 9.66. The van der Waals surface area contributed by atoms with Gasteiger partial charge in [-0.1, -0.05) is 273 Å². The summed E-state index contributed by atoms with van der Waals surface area (Å²) in [7, 11) is 0. The van der Waals surface area contributed by atoms with E-state index in [1.165, 1.54) is 99.5 Å². The fourth-order valence-corrected chi connectivity index (χ4v) is 18.3. The van der Waals surface area contributed by atoms with Crippen molar-refractivity contribution >= 4 is 70.8 Å². The molecule has 18 rings (SSSR count). The van der Waals surface area contributed by atoms with E-state index in [2.05, 4.69) is 302 Å². The lowest BCUT2D eigenvalue weighted by molar-refractivity contribution is 0.302. The fraction of sp³-hybridized carbons (Fsp3) is 0.159. The number of benzene rings is 11. The molecule has 4 nitrogen and oxygen atoms in total. The third kappa shape index (κ3) is 8.85. The zero-order valence-electron chi connectivity index (χ0n) is 51.6. The second-order valence-corrected chi connectivity index (χ2v) is 27.4. The molecule has 0 spiro atoms. The maximum atomic E-state index is 7.80. The monoisotopic (exact) mass is 1180 g/mol. The molecule has 442 valence electrons. The molecule has 5 heterocycles. The number of fused-ring (bicyclic) bond motifs is 16. The van der Waals surface area contributed by atoms with Gasteiger partial charge in [-0.2, -0.15) is 0 Å². The largest absolute Gasteiger partial charge is 0.455 e. The highest BCUT2D eigenvalue weighted by Gasteiger charge is 2.57. The molecule has 0 N–H and O–H groups in total. The van der Waals surface area contributed by atoms with Crippen LogP contribution in [-0.4, -0.2) is 14.4 Å². The Kier molecular flexibility index (Phi) is 12.8. The second kappa shape index (κ2) is 21.6. The minimum Gasteiger partial charge on any atom is -0.455 e. The summed E-state index contributed by atoms with van der Waals surface area (Å²) in [5.74, 6) is 0. The lowest BCUT2D eigenvalue weighted by Crippen LogP contribution is -2.36. The van der Waals surface area contributed by atoms with Crippen LogP contribution in [0.5, 0.6) is 0 Å². The Hall–Kier alpha value is -10.4. The Morgan fingerprint density at radius 2 is 0.630 bits per heavy atom. The maximum Gasteiger partial charge on any atom is 0.145 e. The van der Waals surface area contributed by atoms with Crippen molar-refractivity contribution in [2.75, 3.05) is 0 Å². The van der Waals surface area contributed by atoms with Gasteiger partial charge in [-0.15, -0.1) is 0 Å². The maximum absolute atomic E-state index is 7.80. The number of furan rings is 1. The average molecular weight is 1180 g/mol. The smallest absolute Gasteiger partial charge is 0.145 e. The van der Waals surface area contributed by atoms with Gasteiger partial charge >= 0.3 is 0 Å². The Bertz CT molecular complexity index is 5210. The molecule has 0 saturated heterocycles. The first-order chi connectivity index (χ1) is 45.4. The Morgan fingerprint density at radius 1 is 0.293 bits per heavy atom. The zero-order chi connectivity index (χ0) is 60.9. The van der Waals surface area contributed by atoms with Gasteiger partial charge in [0, 0.05) is 54.0 Å². The molecule has 11 aromatic carbocycles. The predicted octanol–water partition coefficient (Wildman–Crippen LogP) is 20.4. The van der Waals surface area contributed by atoms with Crippen molar-refractivity contribution in [3.05, 3.63) is 365 Å². The molecule has 92 heavy (non-hydrogen) atoms. The molecule has 0 amide bonds. The molecule has 0 bridgehead atoms. The van der Waals surface area contributed by atoms with Crippen molar-refractivity contribution in [2.45, 2.75) is 85.9 Å². The van der Waals surface area contributed by atoms with Crippen LogP contribution in [0.3, 0.4) is 0 Å². The molecule has 0 atom stereocenters. The first kappa shape index (κ1) is 54.5. The van der Waals surface area contributed by atoms with Gasteiger partial charge in [0.05, 0.1) is 45.7 Å². The molecule has 4 heteroatoms. The van der Waals surface area contributed by atoms with Gasteiger partial charge in [0.25, 0.3) is 0 Å². The zero-order valence-corrected chi connectivity index (χ0v) is 51.6. The van der Waals surface area contributed by atoms with E-state index in [1.807, 2.05) is 0 Å². The Balaban J connectivity index is 1.03. The number of pyridine rings is 2. The predicted molar refractivity (Wildman–Crippen MR) is 379 cm³/mol. The number of hydrogen-bond acceptors (Lipinski definition) is 3. The molecule has 0 radical (unpaired) electrons. The minimum absolute atomic E-state index is 0.377. The van der Waals surface area contributed by atoms with Crippen molar-refractivity contribution in [3.63, 3.8) is 0 Å². The summed E-state index contributed by atoms with van der Waals surface area (Å²) in [4.78, 5) is 12.3. The van der Waals surface area contributed by atoms with Gasteiger partial charge in [-0.05, 0) is 137 Å². The number of aromatic nitrogens is 3. The minimum atomic E-state index is -0.429. The van der Waals surface area contributed by atoms with Crippen LogP contribution in [-0.2, 0) is 73.0 Å². The van der Waals surface area contributed by atoms with Crippen LogP contribution in [0.1, 0.15) is 79.9 Å². The van der Waals surface area contributed by atoms with Gasteiger partial charge in [0.1, 0.15) is 11.2 Å². The van der Waals surface area contributed by atoms with Crippen LogP contribution < -0.4 is 0 Å². The third-order valence-corrected chi connectivity index (χ3v) is 21.5. The van der Waals surface area contributed by atoms with Gasteiger partial charge in [0.15, 0.2) is 0 Å². The molecular formula is C88H69N3O. The van der Waals surface area contributed by atoms with Crippen molar-refractivity contribution in [1.29, 1.82) is 0 Å². The number of nitrogens with zero attached hydrogens (tertiary/aromatic N) is 3. The Morgan fingerprint density at radius 3 is 1.02 bits per heavy atom. The summed E-state index contributed by atoms with van der Waals surface area (Å²) in [5.41, 5.74) is 19.5. The normalized spacial score (nSPS) is 15.3. The molecule has 2 aliphatic rings. The SMILES string of the molecule is c1ccc(CC2(Cc3ccccc3)CC(Cc3ccccc3)(Cc3ccccc3)c3c2ncc2c3c3cc4c5ccc6ccccc6c5oc4c4c5c6c(ncc5n2c34)C(Cc2ccccc2)(Cc2ccccc2)CC6(Cc2ccccc2)Cc2ccccc2)cc1. The fourth-order valence-electron chi connectivity index (χ4n) is 18.3. The summed E-state index contributed by atoms with van der Waals surface area (Å²) in [6.45, 7) is 0. The molecule has 5 aromatic heterocycles. The van der Waals surface area contributed by atoms with E-state index in [9.17, 15) is 0 Å². The van der Waals surface area contributed by atoms with E-state index in [1.54, 1.807) is 0 Å². The van der Waals surface area contributed by atoms with Crippen LogP contribution in [0.15, 0.2) is 302 Å². The third-order valence-electron chi connectivity index (χ3n) is 21.5. The lowest BCUT2D eigenvalue weighted by Gasteiger charge is -2.36. The molecule has 0 aliphatic heterocycles. The van der Waals surface area contributed by atoms with Gasteiger partial charge in [-0.25, -0.2) is 0 Å². The van der Waals surface area contributed by atoms with E-state index in [4.69, 9.17) is 14.4 Å². The average Bonchev–Trinajstić information content (AvgIpc) is 1.49. The van der Waals surface area contributed by atoms with E-state index < -0.39 is 16.2 Å². The quantitative estimate of drug-likeness (QED) is 0.0968. The second-order valence-electron chi connectivity index (χ2n) is 27.4. The van der Waals surface area contributed by atoms with Gasteiger partial charge in [-0.3, -0.25) is 9.97 Å². The molecule has 2 aliphatic carbocycles. The van der Waals surface area contributed by atoms with Crippen molar-refractivity contribution in [2.24, 2.45) is 0 Å². The highest BCUT2D eigenvalue weighted by molar-refractivity contribution is 6.34. The van der Waals surface area contributed by atoms with E-state index in [-0.39, 0.29) is 5.41 Å². The molecular weight excluding hydrogens is 1110 g/mol. The summed E-state index contributed by atoms with van der Waals surface area (Å²) >= 11 is 0. The summed E-state index contributed by atoms with van der Waals surface area (Å²) in [6.07, 6.45) is 13.1. The molecule has 0 fully saturated rings. The van der Waals surface area contributed by atoms with E-state index in [0.717, 1.165) is 103 Å². The summed E-state index contributed by atoms with van der Waals surface area (Å²) in [6, 6.07) is 106. The molecule has 0 unspecified atom stereocenters. The standard InChI is InChI=1S/C88H69N3O/c1-9-27-60(28-10-1)48-85(49-61-29-11-2-12-30-61)58-87(52-64-35-17-5-18-36-64,53-65-37-19-6-20-38-65)83-78(85)75-72-47-71-70-46-45-68-43-25-26-44-69(68)81(70)92-82(71)77-76-74(91(80(72)77)73(75)56-89-83)57-90-84-79(76)86(50-62-31-13-3-14-32-62,51-63-33-15-4-16-34-63)59-88(84,54-66-39-21-7-22-40-66)55-67-41-23-8-24-42-67/h1-47,56-57H,48-55,58-59H2. The molecule has 16 aromatic rings. The van der Waals surface area contributed by atoms with E-state index >= 15 is 0 Å². The van der Waals surface area contributed by atoms with Crippen molar-refractivity contribution in [3.8, 4) is 0 Å². The highest BCUT2D eigenvalue weighted by Crippen LogP contribution is 2.62. The van der Waals surface area contributed by atoms with Crippen LogP contribution in [0.25, 0.3) is 70.8 Å². The van der Waals surface area contributed by atoms with Crippen molar-refractivity contribution in [1.82, 2.24) is 14.4 Å². The molecule has 0 saturated carbocycles. The van der Waals surface area contributed by atoms with Gasteiger partial charge in [0.2, 0.25) is 0 Å². The van der Waals surface area contributed by atoms with Crippen LogP contribution in [0, 0.1) is 0 Å². The first-order valence-electron chi connectivity index (χ1n) is 33.0. The Labute approximate surface area is 536 Å². The topological polar surface area (TPSA) is 43.3 Å². The summed E-state index contributed by atoms with van der Waals surface area (Å²) < 4.78 is 10.4. The van der Waals surface area contributed by atoms with Crippen LogP contribution >= 0.6 is 0 Å². The van der Waals surface area contributed by atoms with Gasteiger partial charge < -0.3 is 8.82 Å². The highest BCUT2D eigenvalue weighted by atomic mass is 16.3. The van der Waals surface area contributed by atoms with Crippen molar-refractivity contribution < 1.29 is 4.42 Å². The number of rotatable bonds is 16. The number of hydrogen-bond donors (Lipinski definition) is 0. The van der Waals surface area contributed by atoms with Crippen LogP contribution in [0.4, 0.5) is 0 Å². The summed E-state index contributed by atoms with van der Waals surface area (Å²) in [5, 5.41) is 9.53. The van der Waals surface area contributed by atoms with E-state index in [0.29, 0.717) is 0 Å². The van der Waals surface area contributed by atoms with Crippen LogP contribution in [0.2, 0.25) is 0 Å².